The van der Waals surface area contributed by atoms with Crippen molar-refractivity contribution in [2.45, 2.75) is 37.6 Å². The van der Waals surface area contributed by atoms with Crippen LogP contribution in [0.5, 0.6) is 0 Å². The molecule has 0 bridgehead atoms. The summed E-state index contributed by atoms with van der Waals surface area (Å²) in [5.74, 6) is 0. The van der Waals surface area contributed by atoms with Gasteiger partial charge in [-0.25, -0.2) is 0 Å². The summed E-state index contributed by atoms with van der Waals surface area (Å²) in [4.78, 5) is 0. The third-order valence-electron chi connectivity index (χ3n) is 3.65. The highest BCUT2D eigenvalue weighted by Gasteiger charge is 2.42. The van der Waals surface area contributed by atoms with Crippen molar-refractivity contribution in [3.8, 4) is 0 Å². The van der Waals surface area contributed by atoms with Gasteiger partial charge in [0.05, 0.1) is 11.5 Å². The van der Waals surface area contributed by atoms with E-state index in [0.717, 1.165) is 12.0 Å². The first-order chi connectivity index (χ1) is 9.11. The third kappa shape index (κ3) is 3.44. The van der Waals surface area contributed by atoms with Gasteiger partial charge in [0.1, 0.15) is 0 Å². The van der Waals surface area contributed by atoms with E-state index in [-0.39, 0.29) is 0 Å². The number of aliphatic hydroxyl groups excluding tert-OH is 1. The van der Waals surface area contributed by atoms with Crippen LogP contribution in [0.4, 0.5) is 0 Å². The largest absolute Gasteiger partial charge is 0.392 e. The molecule has 0 fully saturated rings. The highest BCUT2D eigenvalue weighted by atomic mass is 16.7. The molecular formula is C16H24O3. The van der Waals surface area contributed by atoms with Gasteiger partial charge in [-0.1, -0.05) is 36.4 Å². The second kappa shape index (κ2) is 7.43. The van der Waals surface area contributed by atoms with Crippen LogP contribution < -0.4 is 0 Å². The Morgan fingerprint density at radius 2 is 1.84 bits per heavy atom. The van der Waals surface area contributed by atoms with E-state index in [1.54, 1.807) is 14.2 Å². The number of allylic oxidation sites excluding steroid dienone is 1. The number of hydrogen-bond donors (Lipinski definition) is 1. The molecule has 0 aliphatic rings. The first-order valence-corrected chi connectivity index (χ1v) is 6.51. The Morgan fingerprint density at radius 3 is 2.32 bits per heavy atom. The average molecular weight is 264 g/mol. The lowest BCUT2D eigenvalue weighted by Crippen LogP contribution is -2.48. The van der Waals surface area contributed by atoms with E-state index in [1.165, 1.54) is 0 Å². The van der Waals surface area contributed by atoms with Crippen LogP contribution in [0.15, 0.2) is 43.0 Å². The van der Waals surface area contributed by atoms with Gasteiger partial charge in [0.25, 0.3) is 0 Å². The van der Waals surface area contributed by atoms with Gasteiger partial charge in [0.15, 0.2) is 6.29 Å². The Balaban J connectivity index is 3.12. The summed E-state index contributed by atoms with van der Waals surface area (Å²) < 4.78 is 10.8. The van der Waals surface area contributed by atoms with E-state index in [4.69, 9.17) is 9.47 Å². The molecule has 0 aliphatic carbocycles. The van der Waals surface area contributed by atoms with Crippen molar-refractivity contribution in [1.82, 2.24) is 0 Å². The zero-order chi connectivity index (χ0) is 14.3. The van der Waals surface area contributed by atoms with Crippen LogP contribution in [0.2, 0.25) is 0 Å². The number of hydrogen-bond acceptors (Lipinski definition) is 3. The summed E-state index contributed by atoms with van der Waals surface area (Å²) in [7, 11) is 3.19. The van der Waals surface area contributed by atoms with Crippen molar-refractivity contribution >= 4 is 0 Å². The fourth-order valence-electron chi connectivity index (χ4n) is 2.44. The van der Waals surface area contributed by atoms with E-state index in [0.29, 0.717) is 6.42 Å². The van der Waals surface area contributed by atoms with Crippen LogP contribution in [0, 0.1) is 0 Å². The number of rotatable bonds is 8. The molecular weight excluding hydrogens is 240 g/mol. The summed E-state index contributed by atoms with van der Waals surface area (Å²) in [6, 6.07) is 9.84. The lowest BCUT2D eigenvalue weighted by molar-refractivity contribution is -0.172. The fraction of sp³-hybridized carbons (Fsp3) is 0.500. The summed E-state index contributed by atoms with van der Waals surface area (Å²) in [5, 5.41) is 10.6. The lowest BCUT2D eigenvalue weighted by atomic mass is 9.75. The number of ether oxygens (including phenoxy) is 2. The standard InChI is InChI=1S/C16H24O3/c1-5-6-12-14(17)16(2,15(18-3)19-4)13-10-8-7-9-11-13/h5,7-11,14-15,17H,1,6,12H2,2-4H3/t14-,16-/m0/s1. The highest BCUT2D eigenvalue weighted by Crippen LogP contribution is 2.35. The van der Waals surface area contributed by atoms with Crippen molar-refractivity contribution in [2.75, 3.05) is 14.2 Å². The minimum absolute atomic E-state index is 0.505. The van der Waals surface area contributed by atoms with Gasteiger partial charge < -0.3 is 14.6 Å². The molecule has 1 rings (SSSR count). The Morgan fingerprint density at radius 1 is 1.26 bits per heavy atom. The Labute approximate surface area is 115 Å². The van der Waals surface area contributed by atoms with Gasteiger partial charge in [-0.05, 0) is 25.3 Å². The Bertz CT molecular complexity index is 373. The topological polar surface area (TPSA) is 38.7 Å². The molecule has 0 heterocycles. The van der Waals surface area contributed by atoms with Crippen molar-refractivity contribution in [1.29, 1.82) is 0 Å². The first kappa shape index (κ1) is 15.9. The zero-order valence-corrected chi connectivity index (χ0v) is 12.0. The van der Waals surface area contributed by atoms with Gasteiger partial charge in [0, 0.05) is 14.2 Å². The molecule has 3 heteroatoms. The summed E-state index contributed by atoms with van der Waals surface area (Å²) >= 11 is 0. The second-order valence-electron chi connectivity index (χ2n) is 4.83. The molecule has 2 atom stereocenters. The molecule has 0 saturated heterocycles. The molecule has 0 saturated carbocycles. The van der Waals surface area contributed by atoms with Gasteiger partial charge >= 0.3 is 0 Å². The maximum absolute atomic E-state index is 10.6. The van der Waals surface area contributed by atoms with Crippen molar-refractivity contribution in [3.05, 3.63) is 48.6 Å². The molecule has 0 unspecified atom stereocenters. The molecule has 0 spiro atoms. The Kier molecular flexibility index (Phi) is 6.22. The van der Waals surface area contributed by atoms with Gasteiger partial charge in [0.2, 0.25) is 0 Å². The van der Waals surface area contributed by atoms with Crippen molar-refractivity contribution in [3.63, 3.8) is 0 Å². The highest BCUT2D eigenvalue weighted by molar-refractivity contribution is 5.27. The molecule has 0 amide bonds. The molecule has 106 valence electrons. The average Bonchev–Trinajstić information content (AvgIpc) is 2.46. The first-order valence-electron chi connectivity index (χ1n) is 6.51. The quantitative estimate of drug-likeness (QED) is 0.579. The zero-order valence-electron chi connectivity index (χ0n) is 12.0. The molecule has 1 aromatic rings. The Hall–Kier alpha value is -1.16. The van der Waals surface area contributed by atoms with Crippen LogP contribution in [0.1, 0.15) is 25.3 Å². The van der Waals surface area contributed by atoms with E-state index < -0.39 is 17.8 Å². The monoisotopic (exact) mass is 264 g/mol. The maximum Gasteiger partial charge on any atom is 0.168 e. The number of methoxy groups -OCH3 is 2. The van der Waals surface area contributed by atoms with Crippen LogP contribution in [-0.2, 0) is 14.9 Å². The van der Waals surface area contributed by atoms with E-state index in [9.17, 15) is 5.11 Å². The van der Waals surface area contributed by atoms with Crippen LogP contribution in [0.25, 0.3) is 0 Å². The molecule has 3 nitrogen and oxygen atoms in total. The van der Waals surface area contributed by atoms with E-state index in [2.05, 4.69) is 6.58 Å². The predicted octanol–water partition coefficient (Wildman–Crippen LogP) is 2.89. The van der Waals surface area contributed by atoms with Gasteiger partial charge in [-0.2, -0.15) is 0 Å². The summed E-state index contributed by atoms with van der Waals surface area (Å²) in [5.41, 5.74) is 0.383. The van der Waals surface area contributed by atoms with Gasteiger partial charge in [-0.3, -0.25) is 0 Å². The summed E-state index contributed by atoms with van der Waals surface area (Å²) in [6.07, 6.45) is 2.11. The van der Waals surface area contributed by atoms with Crippen LogP contribution >= 0.6 is 0 Å². The molecule has 1 N–H and O–H groups in total. The smallest absolute Gasteiger partial charge is 0.168 e. The SMILES string of the molecule is C=CCC[C@H](O)[C@](C)(c1ccccc1)C(OC)OC. The molecule has 19 heavy (non-hydrogen) atoms. The van der Waals surface area contributed by atoms with Crippen molar-refractivity contribution < 1.29 is 14.6 Å². The maximum atomic E-state index is 10.6. The number of aliphatic hydroxyl groups is 1. The number of benzene rings is 1. The molecule has 0 aliphatic heterocycles. The summed E-state index contributed by atoms with van der Waals surface area (Å²) in [6.45, 7) is 5.67. The van der Waals surface area contributed by atoms with Crippen molar-refractivity contribution in [2.24, 2.45) is 0 Å². The lowest BCUT2D eigenvalue weighted by Gasteiger charge is -2.40. The molecule has 0 aromatic heterocycles. The van der Waals surface area contributed by atoms with Crippen LogP contribution in [-0.4, -0.2) is 31.7 Å². The van der Waals surface area contributed by atoms with Crippen LogP contribution in [0.3, 0.4) is 0 Å². The second-order valence-corrected chi connectivity index (χ2v) is 4.83. The van der Waals surface area contributed by atoms with E-state index in [1.807, 2.05) is 43.3 Å². The van der Waals surface area contributed by atoms with E-state index >= 15 is 0 Å². The predicted molar refractivity (Wildman–Crippen MR) is 77.0 cm³/mol. The normalized spacial score (nSPS) is 16.1. The molecule has 0 radical (unpaired) electrons. The third-order valence-corrected chi connectivity index (χ3v) is 3.65. The van der Waals surface area contributed by atoms with Gasteiger partial charge in [-0.15, -0.1) is 6.58 Å². The molecule has 1 aromatic carbocycles. The minimum atomic E-state index is -0.617. The fourth-order valence-corrected chi connectivity index (χ4v) is 2.44. The minimum Gasteiger partial charge on any atom is -0.392 e.